The van der Waals surface area contributed by atoms with E-state index >= 15 is 9.59 Å². The van der Waals surface area contributed by atoms with Crippen molar-refractivity contribution in [3.8, 4) is 5.75 Å². The molecule has 20 nitrogen and oxygen atoms in total. The summed E-state index contributed by atoms with van der Waals surface area (Å²) >= 11 is 0. The summed E-state index contributed by atoms with van der Waals surface area (Å²) in [5.41, 5.74) is -7.96. The van der Waals surface area contributed by atoms with Gasteiger partial charge in [-0.25, -0.2) is 14.2 Å². The van der Waals surface area contributed by atoms with E-state index in [2.05, 4.69) is 5.32 Å². The Morgan fingerprint density at radius 2 is 1.42 bits per heavy atom. The number of amides is 1. The average molecular weight is 1140 g/mol. The molecular formula is C60H68NO19P. The molecule has 2 bridgehead atoms. The average Bonchev–Trinajstić information content (AvgIpc) is 3.37. The Morgan fingerprint density at radius 1 is 0.827 bits per heavy atom. The second kappa shape index (κ2) is 22.4. The molecule has 8 rings (SSSR count). The van der Waals surface area contributed by atoms with E-state index in [1.165, 1.54) is 58.0 Å². The van der Waals surface area contributed by atoms with Crippen LogP contribution in [0.3, 0.4) is 0 Å². The lowest BCUT2D eigenvalue weighted by molar-refractivity contribution is -0.346. The van der Waals surface area contributed by atoms with Crippen molar-refractivity contribution in [3.63, 3.8) is 0 Å². The second-order valence-electron chi connectivity index (χ2n) is 22.9. The summed E-state index contributed by atoms with van der Waals surface area (Å²) in [6.07, 6.45) is -11.9. The van der Waals surface area contributed by atoms with Crippen LogP contribution >= 0.6 is 7.82 Å². The van der Waals surface area contributed by atoms with Gasteiger partial charge in [-0.1, -0.05) is 100 Å². The number of ketones is 1. The van der Waals surface area contributed by atoms with Gasteiger partial charge in [0.15, 0.2) is 17.5 Å². The molecule has 0 radical (unpaired) electrons. The number of carbonyl (C=O) groups is 7. The number of hydrogen-bond donors (Lipinski definition) is 5. The van der Waals surface area contributed by atoms with Gasteiger partial charge >= 0.3 is 37.7 Å². The SMILES string of the molecule is CC(=O)O[C@H]1C(=O)[C@@]2(C)[C@H]([C@H](OC(=O)c3ccccc3)[C@]3(O)C[C@H](OC(=O)[C@H](OC(=O)CC(C)(C)c4c(C)cc(C)cc4OP(=O)(O)O)[C@@H](NC(=O)c4ccccc4)c4ccccc4)C(C)=C1C3(C)C)[C@]1(OC(C)=O)CO[C@@H]1C[C@@H]2O. The number of rotatable bonds is 16. The molecule has 1 amide bonds. The number of benzene rings is 4. The van der Waals surface area contributed by atoms with Gasteiger partial charge < -0.3 is 48.5 Å². The molecule has 5 N–H and O–H groups in total. The Balaban J connectivity index is 1.30. The maximum atomic E-state index is 15.9. The smallest absolute Gasteiger partial charge is 0.455 e. The van der Waals surface area contributed by atoms with E-state index < -0.39 is 138 Å². The molecule has 11 atom stereocenters. The maximum Gasteiger partial charge on any atom is 0.524 e. The summed E-state index contributed by atoms with van der Waals surface area (Å²) < 4.78 is 54.6. The van der Waals surface area contributed by atoms with Gasteiger partial charge in [0.25, 0.3) is 5.91 Å². The van der Waals surface area contributed by atoms with E-state index in [1.807, 2.05) is 0 Å². The lowest BCUT2D eigenvalue weighted by Crippen LogP contribution is -2.82. The Hall–Kier alpha value is -7.06. The monoisotopic (exact) mass is 1140 g/mol. The number of carbonyl (C=O) groups excluding carboxylic acids is 7. The molecule has 1 heterocycles. The predicted octanol–water partition coefficient (Wildman–Crippen LogP) is 6.74. The number of nitrogens with one attached hydrogen (secondary N) is 1. The summed E-state index contributed by atoms with van der Waals surface area (Å²) in [6.45, 7) is 14.3. The third-order valence-electron chi connectivity index (χ3n) is 16.6. The molecule has 3 fully saturated rings. The van der Waals surface area contributed by atoms with Crippen LogP contribution < -0.4 is 9.84 Å². The first-order valence-electron chi connectivity index (χ1n) is 26.4. The molecule has 4 aromatic carbocycles. The topological polar surface area (TPSA) is 294 Å². The van der Waals surface area contributed by atoms with E-state index in [0.29, 0.717) is 11.1 Å². The fraction of sp³-hybridized carbons (Fsp3) is 0.450. The van der Waals surface area contributed by atoms with Crippen molar-refractivity contribution < 1.29 is 91.1 Å². The van der Waals surface area contributed by atoms with Crippen molar-refractivity contribution >= 4 is 49.4 Å². The summed E-state index contributed by atoms with van der Waals surface area (Å²) in [5, 5.41) is 29.2. The summed E-state index contributed by atoms with van der Waals surface area (Å²) in [4.78, 5) is 122. The Labute approximate surface area is 468 Å². The van der Waals surface area contributed by atoms with Crippen LogP contribution in [0.1, 0.15) is 124 Å². The first-order valence-corrected chi connectivity index (χ1v) is 28.0. The number of ether oxygens (including phenoxy) is 6. The standard InChI is InChI=1S/C60H68NO19P/c1-32-26-33(2)45(40(27-32)80-81(71,72)73)56(6,7)30-44(65)77-49(47(37-20-14-11-15-21-37)61-53(67)38-22-16-12-17-23-38)55(69)76-41-29-60(70)52(78-54(68)39-24-18-13-19-25-39)50-58(10,42(64)28-43-59(50,31-74-43)79-36(5)63)51(66)48(75-35(4)62)46(34(41)3)57(60,8)9/h11-27,41-43,47-50,52,64,70H,28-31H2,1-10H3,(H,61,67)(H2,71,72,73)/t41-,42-,43+,47-,48+,49+,50-,52-,58+,59-,60+/m0/s1. The van der Waals surface area contributed by atoms with Gasteiger partial charge in [0.05, 0.1) is 36.0 Å². The van der Waals surface area contributed by atoms with E-state index in [0.717, 1.165) is 13.8 Å². The van der Waals surface area contributed by atoms with Gasteiger partial charge in [0.1, 0.15) is 35.7 Å². The van der Waals surface area contributed by atoms with E-state index in [1.54, 1.807) is 100 Å². The van der Waals surface area contributed by atoms with Crippen molar-refractivity contribution in [1.82, 2.24) is 5.32 Å². The molecule has 1 aliphatic heterocycles. The number of aliphatic hydroxyl groups excluding tert-OH is 1. The largest absolute Gasteiger partial charge is 0.524 e. The number of phosphoric acid groups is 1. The number of aliphatic hydroxyl groups is 2. The van der Waals surface area contributed by atoms with Crippen LogP contribution in [0.25, 0.3) is 0 Å². The van der Waals surface area contributed by atoms with Crippen LogP contribution in [0.15, 0.2) is 114 Å². The van der Waals surface area contributed by atoms with Crippen LogP contribution in [0.4, 0.5) is 0 Å². The minimum absolute atomic E-state index is 0.0113. The number of fused-ring (bicyclic) bond motifs is 5. The number of Topliss-reactive ketones (excluding diaryl/α,β-unsaturated/α-hetero) is 1. The van der Waals surface area contributed by atoms with Gasteiger partial charge in [-0.15, -0.1) is 0 Å². The Bertz CT molecular complexity index is 3210. The summed E-state index contributed by atoms with van der Waals surface area (Å²) in [5.74, 6) is -8.64. The van der Waals surface area contributed by atoms with Crippen LogP contribution in [0.5, 0.6) is 5.75 Å². The normalized spacial score (nSPS) is 27.5. The molecule has 2 saturated carbocycles. The summed E-state index contributed by atoms with van der Waals surface area (Å²) in [7, 11) is -5.14. The van der Waals surface area contributed by atoms with Gasteiger partial charge in [0.2, 0.25) is 6.10 Å². The van der Waals surface area contributed by atoms with Crippen LogP contribution in [0.2, 0.25) is 0 Å². The van der Waals surface area contributed by atoms with Gasteiger partial charge in [-0.3, -0.25) is 33.8 Å². The summed E-state index contributed by atoms with van der Waals surface area (Å²) in [6, 6.07) is 25.3. The molecule has 0 unspecified atom stereocenters. The van der Waals surface area contributed by atoms with Gasteiger partial charge in [0, 0.05) is 48.6 Å². The first-order chi connectivity index (χ1) is 37.9. The van der Waals surface area contributed by atoms with E-state index in [-0.39, 0.29) is 52.2 Å². The van der Waals surface area contributed by atoms with Crippen molar-refractivity contribution in [2.75, 3.05) is 6.61 Å². The zero-order valence-electron chi connectivity index (χ0n) is 46.6. The zero-order valence-corrected chi connectivity index (χ0v) is 47.5. The predicted molar refractivity (Wildman–Crippen MR) is 288 cm³/mol. The number of phosphoric ester groups is 1. The fourth-order valence-electron chi connectivity index (χ4n) is 12.9. The minimum Gasteiger partial charge on any atom is -0.455 e. The molecule has 4 aromatic rings. The Morgan fingerprint density at radius 3 is 1.98 bits per heavy atom. The van der Waals surface area contributed by atoms with Crippen LogP contribution in [-0.2, 0) is 62.4 Å². The first kappa shape index (κ1) is 60.0. The second-order valence-corrected chi connectivity index (χ2v) is 24.1. The molecular weight excluding hydrogens is 1070 g/mol. The third kappa shape index (κ3) is 11.3. The van der Waals surface area contributed by atoms with Crippen molar-refractivity contribution in [2.24, 2.45) is 16.7 Å². The quantitative estimate of drug-likeness (QED) is 0.0336. The molecule has 3 aliphatic carbocycles. The lowest BCUT2D eigenvalue weighted by atomic mass is 9.44. The zero-order chi connectivity index (χ0) is 59.4. The van der Waals surface area contributed by atoms with E-state index in [4.69, 9.17) is 32.9 Å². The highest BCUT2D eigenvalue weighted by Gasteiger charge is 2.78. The minimum atomic E-state index is -5.14. The lowest BCUT2D eigenvalue weighted by Gasteiger charge is -2.67. The number of esters is 5. The number of aryl methyl sites for hydroxylation is 2. The highest BCUT2D eigenvalue weighted by molar-refractivity contribution is 7.46. The molecule has 1 saturated heterocycles. The maximum absolute atomic E-state index is 15.9. The molecule has 81 heavy (non-hydrogen) atoms. The fourth-order valence-corrected chi connectivity index (χ4v) is 13.3. The number of hydrogen-bond acceptors (Lipinski definition) is 17. The van der Waals surface area contributed by atoms with Crippen molar-refractivity contribution in [2.45, 2.75) is 148 Å². The highest BCUT2D eigenvalue weighted by atomic mass is 31.2. The van der Waals surface area contributed by atoms with Crippen LogP contribution in [-0.4, -0.2) is 116 Å². The highest BCUT2D eigenvalue weighted by Crippen LogP contribution is 2.64. The van der Waals surface area contributed by atoms with Gasteiger partial charge in [-0.05, 0) is 85.9 Å². The molecule has 21 heteroatoms. The van der Waals surface area contributed by atoms with Crippen LogP contribution in [0, 0.1) is 30.6 Å². The third-order valence-corrected chi connectivity index (χ3v) is 17.1. The molecule has 432 valence electrons. The Kier molecular flexibility index (Phi) is 16.6. The molecule has 0 aromatic heterocycles. The van der Waals surface area contributed by atoms with Gasteiger partial charge in [-0.2, -0.15) is 0 Å². The van der Waals surface area contributed by atoms with E-state index in [9.17, 15) is 48.5 Å². The van der Waals surface area contributed by atoms with Crippen molar-refractivity contribution in [3.05, 3.63) is 148 Å². The molecule has 4 aliphatic rings. The van der Waals surface area contributed by atoms with Crippen molar-refractivity contribution in [1.29, 1.82) is 0 Å². The molecule has 0 spiro atoms.